The largest absolute Gasteiger partial charge is 0.444 e. The first-order valence-electron chi connectivity index (χ1n) is 12.7. The van der Waals surface area contributed by atoms with Gasteiger partial charge < -0.3 is 20.3 Å². The van der Waals surface area contributed by atoms with Crippen molar-refractivity contribution >= 4 is 51.1 Å². The Morgan fingerprint density at radius 1 is 1.07 bits per heavy atom. The molecule has 0 saturated carbocycles. The van der Waals surface area contributed by atoms with Crippen molar-refractivity contribution in [2.24, 2.45) is 0 Å². The van der Waals surface area contributed by atoms with Crippen LogP contribution in [-0.4, -0.2) is 41.5 Å². The van der Waals surface area contributed by atoms with Gasteiger partial charge in [0.15, 0.2) is 0 Å². The number of carbonyl (C=O) groups excluding carboxylic acids is 3. The van der Waals surface area contributed by atoms with Crippen LogP contribution in [0.15, 0.2) is 71.2 Å². The van der Waals surface area contributed by atoms with Crippen molar-refractivity contribution in [1.29, 1.82) is 0 Å². The summed E-state index contributed by atoms with van der Waals surface area (Å²) >= 11 is 9.74. The summed E-state index contributed by atoms with van der Waals surface area (Å²) < 4.78 is 20.4. The predicted octanol–water partition coefficient (Wildman–Crippen LogP) is 6.69. The predicted molar refractivity (Wildman–Crippen MR) is 156 cm³/mol. The van der Waals surface area contributed by atoms with Crippen molar-refractivity contribution in [3.8, 4) is 0 Å². The monoisotopic (exact) mass is 629 g/mol. The van der Waals surface area contributed by atoms with Crippen LogP contribution in [0.3, 0.4) is 0 Å². The van der Waals surface area contributed by atoms with Crippen LogP contribution in [0, 0.1) is 5.82 Å². The molecule has 210 valence electrons. The van der Waals surface area contributed by atoms with E-state index in [0.29, 0.717) is 24.2 Å². The number of ether oxygens (including phenoxy) is 1. The molecule has 0 bridgehead atoms. The number of amides is 3. The van der Waals surface area contributed by atoms with E-state index in [-0.39, 0.29) is 29.6 Å². The van der Waals surface area contributed by atoms with Gasteiger partial charge in [-0.25, -0.2) is 9.18 Å². The molecule has 1 atom stereocenters. The third-order valence-electron chi connectivity index (χ3n) is 6.62. The molecule has 4 rings (SSSR count). The molecule has 1 unspecified atom stereocenters. The smallest absolute Gasteiger partial charge is 0.410 e. The minimum absolute atomic E-state index is 0.0222. The van der Waals surface area contributed by atoms with Crippen LogP contribution in [0.2, 0.25) is 5.02 Å². The van der Waals surface area contributed by atoms with Crippen molar-refractivity contribution in [1.82, 2.24) is 10.2 Å². The van der Waals surface area contributed by atoms with Gasteiger partial charge in [0.1, 0.15) is 11.4 Å². The van der Waals surface area contributed by atoms with Crippen molar-refractivity contribution in [2.75, 3.05) is 18.4 Å². The van der Waals surface area contributed by atoms with Crippen LogP contribution in [0.25, 0.3) is 0 Å². The number of nitrogens with zero attached hydrogens (tertiary/aromatic N) is 1. The summed E-state index contributed by atoms with van der Waals surface area (Å²) in [5.74, 6) is -1.27. The lowest BCUT2D eigenvalue weighted by molar-refractivity contribution is -0.121. The molecule has 1 saturated heterocycles. The SMILES string of the molecule is CC(C)(C)OC(=O)N1CCC(C(=O)Nc2ccc(Cl)c(C(=O)NCc3ccccc3F)c2)(c2ccc(Br)cc2)C1. The van der Waals surface area contributed by atoms with E-state index in [4.69, 9.17) is 16.3 Å². The standard InChI is InChI=1S/C30H30BrClFN3O4/c1-29(2,3)40-28(39)36-15-14-30(18-36,20-8-10-21(31)11-9-20)27(38)35-22-12-13-24(32)23(16-22)26(37)34-17-19-6-4-5-7-25(19)33/h4-13,16H,14-15,17-18H2,1-3H3,(H,34,37)(H,35,38). The van der Waals surface area contributed by atoms with E-state index in [1.165, 1.54) is 23.1 Å². The number of hydrogen-bond acceptors (Lipinski definition) is 4. The molecule has 40 heavy (non-hydrogen) atoms. The Bertz CT molecular complexity index is 1430. The van der Waals surface area contributed by atoms with Gasteiger partial charge in [0.05, 0.1) is 16.0 Å². The van der Waals surface area contributed by atoms with E-state index in [2.05, 4.69) is 26.6 Å². The minimum Gasteiger partial charge on any atom is -0.444 e. The van der Waals surface area contributed by atoms with Crippen molar-refractivity contribution in [2.45, 2.75) is 44.8 Å². The summed E-state index contributed by atoms with van der Waals surface area (Å²) in [7, 11) is 0. The van der Waals surface area contributed by atoms with E-state index in [9.17, 15) is 18.8 Å². The Morgan fingerprint density at radius 3 is 2.45 bits per heavy atom. The lowest BCUT2D eigenvalue weighted by atomic mass is 9.78. The Kier molecular flexibility index (Phi) is 8.85. The van der Waals surface area contributed by atoms with Crippen LogP contribution >= 0.6 is 27.5 Å². The second kappa shape index (κ2) is 12.0. The minimum atomic E-state index is -1.05. The van der Waals surface area contributed by atoms with Crippen LogP contribution < -0.4 is 10.6 Å². The number of benzene rings is 3. The van der Waals surface area contributed by atoms with Gasteiger partial charge in [-0.2, -0.15) is 0 Å². The fourth-order valence-corrected chi connectivity index (χ4v) is 5.02. The van der Waals surface area contributed by atoms with Gasteiger partial charge in [-0.1, -0.05) is 57.9 Å². The van der Waals surface area contributed by atoms with Crippen LogP contribution in [0.4, 0.5) is 14.9 Å². The highest BCUT2D eigenvalue weighted by atomic mass is 79.9. The topological polar surface area (TPSA) is 87.7 Å². The highest BCUT2D eigenvalue weighted by Crippen LogP contribution is 2.37. The number of anilines is 1. The summed E-state index contributed by atoms with van der Waals surface area (Å²) in [5, 5.41) is 5.78. The Balaban J connectivity index is 1.56. The number of carbonyl (C=O) groups is 3. The third kappa shape index (κ3) is 6.82. The molecule has 2 N–H and O–H groups in total. The Hall–Kier alpha value is -3.43. The molecule has 10 heteroatoms. The lowest BCUT2D eigenvalue weighted by Crippen LogP contribution is -2.44. The van der Waals surface area contributed by atoms with E-state index in [0.717, 1.165) is 10.0 Å². The quantitative estimate of drug-likeness (QED) is 0.318. The molecule has 1 fully saturated rings. The molecule has 1 heterocycles. The first-order valence-corrected chi connectivity index (χ1v) is 13.9. The van der Waals surface area contributed by atoms with Crippen LogP contribution in [0.5, 0.6) is 0 Å². The molecular weight excluding hydrogens is 601 g/mol. The zero-order valence-corrected chi connectivity index (χ0v) is 24.7. The average Bonchev–Trinajstić information content (AvgIpc) is 3.36. The number of halogens is 3. The molecular formula is C30H30BrClFN3O4. The van der Waals surface area contributed by atoms with E-state index >= 15 is 0 Å². The third-order valence-corrected chi connectivity index (χ3v) is 7.48. The first kappa shape index (κ1) is 29.6. The van der Waals surface area contributed by atoms with Gasteiger partial charge in [0, 0.05) is 35.4 Å². The molecule has 0 aliphatic carbocycles. The van der Waals surface area contributed by atoms with E-state index in [1.807, 2.05) is 24.3 Å². The second-order valence-electron chi connectivity index (χ2n) is 10.7. The molecule has 3 aromatic carbocycles. The Morgan fingerprint density at radius 2 is 1.77 bits per heavy atom. The zero-order chi connectivity index (χ0) is 29.1. The summed E-state index contributed by atoms with van der Waals surface area (Å²) in [6.45, 7) is 5.81. The summed E-state index contributed by atoms with van der Waals surface area (Å²) in [4.78, 5) is 41.2. The number of hydrogen-bond donors (Lipinski definition) is 2. The molecule has 0 radical (unpaired) electrons. The molecule has 1 aliphatic rings. The van der Waals surface area contributed by atoms with Crippen LogP contribution in [-0.2, 0) is 21.5 Å². The van der Waals surface area contributed by atoms with Gasteiger partial charge in [0.2, 0.25) is 5.91 Å². The van der Waals surface area contributed by atoms with Crippen molar-refractivity contribution in [3.05, 3.63) is 98.7 Å². The number of nitrogens with one attached hydrogen (secondary N) is 2. The maximum atomic E-state index is 14.0. The number of rotatable bonds is 6. The maximum Gasteiger partial charge on any atom is 0.410 e. The lowest BCUT2D eigenvalue weighted by Gasteiger charge is -2.30. The average molecular weight is 631 g/mol. The second-order valence-corrected chi connectivity index (χ2v) is 12.0. The maximum absolute atomic E-state index is 14.0. The van der Waals surface area contributed by atoms with Gasteiger partial charge in [0.25, 0.3) is 5.91 Å². The van der Waals surface area contributed by atoms with E-state index < -0.39 is 28.8 Å². The van der Waals surface area contributed by atoms with E-state index in [1.54, 1.807) is 45.0 Å². The summed E-state index contributed by atoms with van der Waals surface area (Å²) in [6.07, 6.45) is -0.108. The molecule has 0 spiro atoms. The highest BCUT2D eigenvalue weighted by Gasteiger charge is 2.48. The number of likely N-dealkylation sites (tertiary alicyclic amines) is 1. The normalized spacial score (nSPS) is 16.9. The molecule has 1 aliphatic heterocycles. The molecule has 3 amide bonds. The first-order chi connectivity index (χ1) is 18.9. The Labute approximate surface area is 246 Å². The van der Waals surface area contributed by atoms with Gasteiger partial charge >= 0.3 is 6.09 Å². The van der Waals surface area contributed by atoms with Gasteiger partial charge in [-0.15, -0.1) is 0 Å². The molecule has 0 aromatic heterocycles. The zero-order valence-electron chi connectivity index (χ0n) is 22.4. The summed E-state index contributed by atoms with van der Waals surface area (Å²) in [5.41, 5.74) is -0.146. The highest BCUT2D eigenvalue weighted by molar-refractivity contribution is 9.10. The van der Waals surface area contributed by atoms with Crippen LogP contribution in [0.1, 0.15) is 48.7 Å². The fraction of sp³-hybridized carbons (Fsp3) is 0.300. The van der Waals surface area contributed by atoms with Crippen molar-refractivity contribution < 1.29 is 23.5 Å². The van der Waals surface area contributed by atoms with Gasteiger partial charge in [-0.05, 0) is 69.2 Å². The molecule has 3 aromatic rings. The summed E-state index contributed by atoms with van der Waals surface area (Å²) in [6, 6.07) is 18.2. The van der Waals surface area contributed by atoms with Crippen molar-refractivity contribution in [3.63, 3.8) is 0 Å². The van der Waals surface area contributed by atoms with Gasteiger partial charge in [-0.3, -0.25) is 9.59 Å². The fourth-order valence-electron chi connectivity index (χ4n) is 4.55. The molecule has 7 nitrogen and oxygen atoms in total.